The summed E-state index contributed by atoms with van der Waals surface area (Å²) in [5.41, 5.74) is 0. The summed E-state index contributed by atoms with van der Waals surface area (Å²) in [4.78, 5) is 22.0. The molecule has 0 saturated carbocycles. The van der Waals surface area contributed by atoms with E-state index in [0.717, 1.165) is 17.7 Å². The van der Waals surface area contributed by atoms with Crippen LogP contribution in [-0.2, 0) is 4.79 Å². The van der Waals surface area contributed by atoms with Crippen LogP contribution < -0.4 is 0 Å². The van der Waals surface area contributed by atoms with Crippen molar-refractivity contribution in [1.29, 1.82) is 0 Å². The van der Waals surface area contributed by atoms with Crippen molar-refractivity contribution in [3.63, 3.8) is 0 Å². The normalized spacial score (nSPS) is 10.1. The highest BCUT2D eigenvalue weighted by atomic mass is 16.4. The molecule has 0 heterocycles. The zero-order valence-electron chi connectivity index (χ0n) is 8.19. The monoisotopic (exact) mass is 187 g/mol. The summed E-state index contributed by atoms with van der Waals surface area (Å²) in [6.45, 7) is 4.48. The number of hydrogen-bond donors (Lipinski definition) is 1. The molecule has 13 heavy (non-hydrogen) atoms. The highest BCUT2D eigenvalue weighted by molar-refractivity contribution is 5.69. The molecule has 0 aromatic heterocycles. The molecule has 0 fully saturated rings. The maximum Gasteiger partial charge on any atom is 0.407 e. The van der Waals surface area contributed by atoms with Crippen LogP contribution in [0.15, 0.2) is 0 Å². The first-order valence-corrected chi connectivity index (χ1v) is 4.57. The van der Waals surface area contributed by atoms with Gasteiger partial charge in [-0.15, -0.1) is 0 Å². The van der Waals surface area contributed by atoms with Crippen molar-refractivity contribution in [1.82, 2.24) is 4.90 Å². The van der Waals surface area contributed by atoms with Gasteiger partial charge in [0.05, 0.1) is 6.54 Å². The topological polar surface area (TPSA) is 57.6 Å². The van der Waals surface area contributed by atoms with E-state index in [2.05, 4.69) is 0 Å². The van der Waals surface area contributed by atoms with Gasteiger partial charge in [-0.25, -0.2) is 4.79 Å². The molecule has 0 atom stereocenters. The van der Waals surface area contributed by atoms with Gasteiger partial charge in [0.15, 0.2) is 0 Å². The lowest BCUT2D eigenvalue weighted by Crippen LogP contribution is -2.35. The van der Waals surface area contributed by atoms with Crippen LogP contribution in [-0.4, -0.2) is 35.5 Å². The van der Waals surface area contributed by atoms with E-state index >= 15 is 0 Å². The Morgan fingerprint density at radius 1 is 1.46 bits per heavy atom. The molecule has 0 rings (SSSR count). The Kier molecular flexibility index (Phi) is 5.93. The predicted molar refractivity (Wildman–Crippen MR) is 49.7 cm³/mol. The van der Waals surface area contributed by atoms with Crippen LogP contribution in [0.25, 0.3) is 0 Å². The molecule has 76 valence electrons. The molecule has 4 nitrogen and oxygen atoms in total. The van der Waals surface area contributed by atoms with Crippen LogP contribution in [0.4, 0.5) is 4.79 Å². The Morgan fingerprint density at radius 2 is 2.00 bits per heavy atom. The Bertz CT molecular complexity index is 166. The highest BCUT2D eigenvalue weighted by Crippen LogP contribution is 2.09. The quantitative estimate of drug-likeness (QED) is 0.642. The molecule has 1 amide bonds. The van der Waals surface area contributed by atoms with E-state index in [0.29, 0.717) is 18.7 Å². The van der Waals surface area contributed by atoms with Gasteiger partial charge in [0, 0.05) is 6.54 Å². The predicted octanol–water partition coefficient (Wildman–Crippen LogP) is 1.60. The second kappa shape index (κ2) is 6.46. The molecular weight excluding hydrogens is 170 g/mol. The van der Waals surface area contributed by atoms with Gasteiger partial charge in [0.25, 0.3) is 0 Å². The van der Waals surface area contributed by atoms with E-state index in [-0.39, 0.29) is 6.54 Å². The number of carbonyl (C=O) groups is 2. The molecule has 0 bridgehead atoms. The number of rotatable bonds is 6. The third-order valence-electron chi connectivity index (χ3n) is 2.20. The minimum absolute atomic E-state index is 0.0220. The van der Waals surface area contributed by atoms with Crippen molar-refractivity contribution in [2.45, 2.75) is 26.7 Å². The Labute approximate surface area is 78.5 Å². The highest BCUT2D eigenvalue weighted by Gasteiger charge is 2.14. The smallest absolute Gasteiger partial charge is 0.407 e. The molecule has 0 aromatic carbocycles. The molecule has 0 unspecified atom stereocenters. The number of nitrogens with zero attached hydrogens (tertiary/aromatic N) is 1. The SMILES string of the molecule is CCC(CC)CN(CC=O)C(=O)O. The van der Waals surface area contributed by atoms with Crippen molar-refractivity contribution in [2.24, 2.45) is 5.92 Å². The molecule has 0 saturated heterocycles. The fraction of sp³-hybridized carbons (Fsp3) is 0.778. The van der Waals surface area contributed by atoms with Gasteiger partial charge in [-0.3, -0.25) is 0 Å². The zero-order chi connectivity index (χ0) is 10.3. The molecule has 0 aliphatic heterocycles. The van der Waals surface area contributed by atoms with Crippen LogP contribution in [0, 0.1) is 5.92 Å². The van der Waals surface area contributed by atoms with E-state index in [1.54, 1.807) is 0 Å². The summed E-state index contributed by atoms with van der Waals surface area (Å²) in [5, 5.41) is 8.71. The molecular formula is C9H17NO3. The Hall–Kier alpha value is -1.06. The summed E-state index contributed by atoms with van der Waals surface area (Å²) >= 11 is 0. The fourth-order valence-electron chi connectivity index (χ4n) is 1.18. The standard InChI is InChI=1S/C9H17NO3/c1-3-8(4-2)7-10(5-6-11)9(12)13/h6,8H,3-5,7H2,1-2H3,(H,12,13). The number of aldehydes is 1. The zero-order valence-corrected chi connectivity index (χ0v) is 8.19. The van der Waals surface area contributed by atoms with Gasteiger partial charge in [-0.05, 0) is 5.92 Å². The average Bonchev–Trinajstić information content (AvgIpc) is 2.11. The van der Waals surface area contributed by atoms with E-state index in [1.165, 1.54) is 0 Å². The minimum Gasteiger partial charge on any atom is -0.465 e. The van der Waals surface area contributed by atoms with Crippen molar-refractivity contribution < 1.29 is 14.7 Å². The Morgan fingerprint density at radius 3 is 2.31 bits per heavy atom. The van der Waals surface area contributed by atoms with Crippen LogP contribution in [0.5, 0.6) is 0 Å². The molecule has 0 aliphatic carbocycles. The second-order valence-corrected chi connectivity index (χ2v) is 3.04. The third kappa shape index (κ3) is 4.50. The van der Waals surface area contributed by atoms with Crippen molar-refractivity contribution >= 4 is 12.4 Å². The lowest BCUT2D eigenvalue weighted by molar-refractivity contribution is -0.108. The van der Waals surface area contributed by atoms with Gasteiger partial charge in [-0.1, -0.05) is 26.7 Å². The van der Waals surface area contributed by atoms with E-state index in [4.69, 9.17) is 5.11 Å². The van der Waals surface area contributed by atoms with Gasteiger partial charge < -0.3 is 14.8 Å². The van der Waals surface area contributed by atoms with Crippen LogP contribution in [0.2, 0.25) is 0 Å². The summed E-state index contributed by atoms with van der Waals surface area (Å²) in [6.07, 6.45) is 1.49. The lowest BCUT2D eigenvalue weighted by Gasteiger charge is -2.21. The van der Waals surface area contributed by atoms with E-state index in [9.17, 15) is 9.59 Å². The fourth-order valence-corrected chi connectivity index (χ4v) is 1.18. The van der Waals surface area contributed by atoms with Crippen LogP contribution in [0.1, 0.15) is 26.7 Å². The molecule has 0 radical (unpaired) electrons. The maximum absolute atomic E-state index is 10.6. The molecule has 0 aliphatic rings. The molecule has 1 N–H and O–H groups in total. The first-order valence-electron chi connectivity index (χ1n) is 4.57. The van der Waals surface area contributed by atoms with Gasteiger partial charge in [0.2, 0.25) is 0 Å². The van der Waals surface area contributed by atoms with Gasteiger partial charge in [0.1, 0.15) is 6.29 Å². The van der Waals surface area contributed by atoms with Gasteiger partial charge >= 0.3 is 6.09 Å². The lowest BCUT2D eigenvalue weighted by atomic mass is 10.0. The summed E-state index contributed by atoms with van der Waals surface area (Å²) in [5.74, 6) is 0.357. The van der Waals surface area contributed by atoms with Crippen molar-refractivity contribution in [3.8, 4) is 0 Å². The third-order valence-corrected chi connectivity index (χ3v) is 2.20. The number of carboxylic acid groups (broad SMARTS) is 1. The molecule has 0 spiro atoms. The van der Waals surface area contributed by atoms with Crippen LogP contribution >= 0.6 is 0 Å². The first kappa shape index (κ1) is 11.9. The van der Waals surface area contributed by atoms with E-state index in [1.807, 2.05) is 13.8 Å². The van der Waals surface area contributed by atoms with Crippen molar-refractivity contribution in [2.75, 3.05) is 13.1 Å². The second-order valence-electron chi connectivity index (χ2n) is 3.04. The Balaban J connectivity index is 4.06. The van der Waals surface area contributed by atoms with Gasteiger partial charge in [-0.2, -0.15) is 0 Å². The summed E-state index contributed by atoms with van der Waals surface area (Å²) in [7, 11) is 0. The number of hydrogen-bond acceptors (Lipinski definition) is 2. The molecule has 0 aromatic rings. The number of carbonyl (C=O) groups excluding carboxylic acids is 1. The number of amides is 1. The maximum atomic E-state index is 10.6. The van der Waals surface area contributed by atoms with E-state index < -0.39 is 6.09 Å². The largest absolute Gasteiger partial charge is 0.465 e. The van der Waals surface area contributed by atoms with Crippen LogP contribution in [0.3, 0.4) is 0 Å². The van der Waals surface area contributed by atoms with Crippen molar-refractivity contribution in [3.05, 3.63) is 0 Å². The first-order chi connectivity index (χ1) is 6.15. The molecule has 4 heteroatoms. The summed E-state index contributed by atoms with van der Waals surface area (Å²) in [6, 6.07) is 0. The average molecular weight is 187 g/mol. The minimum atomic E-state index is -1.01. The summed E-state index contributed by atoms with van der Waals surface area (Å²) < 4.78 is 0.